The Morgan fingerprint density at radius 1 is 1.16 bits per heavy atom. The van der Waals surface area contributed by atoms with E-state index in [4.69, 9.17) is 0 Å². The van der Waals surface area contributed by atoms with Crippen LogP contribution in [0.1, 0.15) is 20.8 Å². The van der Waals surface area contributed by atoms with Gasteiger partial charge in [0.05, 0.1) is 21.1 Å². The van der Waals surface area contributed by atoms with Crippen molar-refractivity contribution in [1.29, 1.82) is 0 Å². The molecule has 0 spiro atoms. The highest BCUT2D eigenvalue weighted by Crippen LogP contribution is 2.22. The van der Waals surface area contributed by atoms with Gasteiger partial charge in [-0.05, 0) is 25.0 Å². The topological polar surface area (TPSA) is 49.7 Å². The van der Waals surface area contributed by atoms with Crippen molar-refractivity contribution in [3.63, 3.8) is 0 Å². The van der Waals surface area contributed by atoms with E-state index in [0.29, 0.717) is 10.8 Å². The van der Waals surface area contributed by atoms with Crippen LogP contribution in [0.4, 0.5) is 0 Å². The van der Waals surface area contributed by atoms with Gasteiger partial charge in [-0.15, -0.1) is 0 Å². The minimum Gasteiger partial charge on any atom is -0.392 e. The van der Waals surface area contributed by atoms with Gasteiger partial charge >= 0.3 is 0 Å². The molecule has 0 saturated carbocycles. The highest BCUT2D eigenvalue weighted by atomic mass is 32.2. The molecule has 1 N–H and O–H groups in total. The van der Waals surface area contributed by atoms with Gasteiger partial charge in [-0.2, -0.15) is 0 Å². The van der Waals surface area contributed by atoms with Crippen molar-refractivity contribution in [2.24, 2.45) is 10.3 Å². The van der Waals surface area contributed by atoms with Gasteiger partial charge in [0.15, 0.2) is 0 Å². The molecule has 0 fully saturated rings. The molecule has 4 heteroatoms. The van der Waals surface area contributed by atoms with Crippen molar-refractivity contribution < 1.29 is 9.32 Å². The highest BCUT2D eigenvalue weighted by molar-refractivity contribution is 7.94. The van der Waals surface area contributed by atoms with Crippen molar-refractivity contribution >= 4 is 9.73 Å². The number of aliphatic hydroxyl groups excluding tert-OH is 1. The summed E-state index contributed by atoms with van der Waals surface area (Å²) in [6.45, 7) is 5.75. The summed E-state index contributed by atoms with van der Waals surface area (Å²) in [5.74, 6) is 0.345. The normalized spacial score (nSPS) is 18.2. The highest BCUT2D eigenvalue weighted by Gasteiger charge is 2.26. The minimum atomic E-state index is -2.65. The Bertz CT molecular complexity index is 526. The molecular formula is C15H23NO2S. The van der Waals surface area contributed by atoms with Gasteiger partial charge in [-0.25, -0.2) is 8.57 Å². The standard InChI is InChI=1S/C15H23NO2S/c1-12(2)10-11-15(13(3)17)19(18,16-4)14-8-6-5-7-9-14/h5-13,15,17H,1-4H3/b11-10+/t13-,15-,19+/m1/s1. The van der Waals surface area contributed by atoms with E-state index < -0.39 is 21.1 Å². The maximum atomic E-state index is 13.1. The summed E-state index contributed by atoms with van der Waals surface area (Å²) >= 11 is 0. The Balaban J connectivity index is 3.29. The first-order valence-corrected chi connectivity index (χ1v) is 8.05. The number of allylic oxidation sites excluding steroid dienone is 1. The predicted molar refractivity (Wildman–Crippen MR) is 80.6 cm³/mol. The molecule has 0 amide bonds. The van der Waals surface area contributed by atoms with E-state index in [2.05, 4.69) is 4.36 Å². The van der Waals surface area contributed by atoms with Crippen LogP contribution < -0.4 is 0 Å². The van der Waals surface area contributed by atoms with Crippen molar-refractivity contribution in [3.8, 4) is 0 Å². The van der Waals surface area contributed by atoms with E-state index in [1.54, 1.807) is 26.1 Å². The second-order valence-electron chi connectivity index (χ2n) is 4.90. The van der Waals surface area contributed by atoms with Crippen LogP contribution in [0.25, 0.3) is 0 Å². The van der Waals surface area contributed by atoms with Gasteiger partial charge in [0, 0.05) is 11.9 Å². The predicted octanol–water partition coefficient (Wildman–Crippen LogP) is 3.10. The fraction of sp³-hybridized carbons (Fsp3) is 0.467. The lowest BCUT2D eigenvalue weighted by Crippen LogP contribution is -2.30. The summed E-state index contributed by atoms with van der Waals surface area (Å²) in [7, 11) is -1.10. The second-order valence-corrected chi connectivity index (χ2v) is 7.42. The van der Waals surface area contributed by atoms with Gasteiger partial charge in [-0.1, -0.05) is 44.2 Å². The molecule has 19 heavy (non-hydrogen) atoms. The maximum Gasteiger partial charge on any atom is 0.0910 e. The van der Waals surface area contributed by atoms with Gasteiger partial charge in [-0.3, -0.25) is 0 Å². The van der Waals surface area contributed by atoms with Crippen LogP contribution in [0, 0.1) is 5.92 Å². The Morgan fingerprint density at radius 3 is 2.16 bits per heavy atom. The van der Waals surface area contributed by atoms with Gasteiger partial charge < -0.3 is 5.11 Å². The average molecular weight is 281 g/mol. The SMILES string of the molecule is CN=[S@](=O)(c1ccccc1)[C@H](/C=C/C(C)C)[C@@H](C)O. The number of hydrogen-bond donors (Lipinski definition) is 1. The summed E-state index contributed by atoms with van der Waals surface area (Å²) in [4.78, 5) is 0.664. The largest absolute Gasteiger partial charge is 0.392 e. The first kappa shape index (κ1) is 15.9. The third kappa shape index (κ3) is 3.91. The first-order valence-electron chi connectivity index (χ1n) is 6.47. The molecule has 0 radical (unpaired) electrons. The van der Waals surface area contributed by atoms with E-state index in [0.717, 1.165) is 0 Å². The Labute approximate surface area is 116 Å². The molecule has 0 unspecified atom stereocenters. The zero-order valence-electron chi connectivity index (χ0n) is 12.0. The molecule has 106 valence electrons. The van der Waals surface area contributed by atoms with Crippen LogP contribution in [-0.2, 0) is 9.73 Å². The van der Waals surface area contributed by atoms with Crippen LogP contribution in [0.15, 0.2) is 51.7 Å². The Hall–Kier alpha value is -1.13. The van der Waals surface area contributed by atoms with E-state index >= 15 is 0 Å². The van der Waals surface area contributed by atoms with Crippen molar-refractivity contribution in [3.05, 3.63) is 42.5 Å². The summed E-state index contributed by atoms with van der Waals surface area (Å²) in [5.41, 5.74) is 0. The zero-order valence-corrected chi connectivity index (χ0v) is 12.8. The molecule has 0 aliphatic rings. The molecule has 1 aromatic carbocycles. The molecule has 0 heterocycles. The van der Waals surface area contributed by atoms with Gasteiger partial charge in [0.1, 0.15) is 0 Å². The minimum absolute atomic E-state index is 0.345. The molecule has 3 atom stereocenters. The lowest BCUT2D eigenvalue weighted by molar-refractivity contribution is 0.201. The number of hydrogen-bond acceptors (Lipinski definition) is 3. The smallest absolute Gasteiger partial charge is 0.0910 e. The van der Waals surface area contributed by atoms with Crippen LogP contribution in [-0.4, -0.2) is 27.7 Å². The van der Waals surface area contributed by atoms with Crippen LogP contribution >= 0.6 is 0 Å². The van der Waals surface area contributed by atoms with Crippen molar-refractivity contribution in [2.45, 2.75) is 37.0 Å². The quantitative estimate of drug-likeness (QED) is 0.843. The molecule has 0 bridgehead atoms. The molecule has 1 rings (SSSR count). The van der Waals surface area contributed by atoms with Crippen LogP contribution in [0.5, 0.6) is 0 Å². The maximum absolute atomic E-state index is 13.1. The lowest BCUT2D eigenvalue weighted by Gasteiger charge is -2.21. The molecule has 0 aromatic heterocycles. The van der Waals surface area contributed by atoms with E-state index in [1.807, 2.05) is 44.2 Å². The number of benzene rings is 1. The van der Waals surface area contributed by atoms with Crippen molar-refractivity contribution in [1.82, 2.24) is 0 Å². The van der Waals surface area contributed by atoms with Crippen LogP contribution in [0.2, 0.25) is 0 Å². The molecule has 0 aliphatic heterocycles. The lowest BCUT2D eigenvalue weighted by atomic mass is 10.1. The molecule has 0 aliphatic carbocycles. The molecule has 0 saturated heterocycles. The summed E-state index contributed by atoms with van der Waals surface area (Å²) in [6, 6.07) is 9.15. The van der Waals surface area contributed by atoms with E-state index in [9.17, 15) is 9.32 Å². The van der Waals surface area contributed by atoms with Crippen molar-refractivity contribution in [2.75, 3.05) is 7.05 Å². The molecule has 1 aromatic rings. The number of aliphatic hydroxyl groups is 1. The zero-order chi connectivity index (χ0) is 14.5. The van der Waals surface area contributed by atoms with E-state index in [-0.39, 0.29) is 0 Å². The Kier molecular flexibility index (Phi) is 5.76. The number of nitrogens with zero attached hydrogens (tertiary/aromatic N) is 1. The summed E-state index contributed by atoms with van der Waals surface area (Å²) < 4.78 is 17.2. The fourth-order valence-electron chi connectivity index (χ4n) is 1.87. The van der Waals surface area contributed by atoms with Gasteiger partial charge in [0.25, 0.3) is 0 Å². The third-order valence-electron chi connectivity index (χ3n) is 2.88. The number of rotatable bonds is 5. The van der Waals surface area contributed by atoms with E-state index in [1.165, 1.54) is 0 Å². The monoisotopic (exact) mass is 281 g/mol. The summed E-state index contributed by atoms with van der Waals surface area (Å²) in [6.07, 6.45) is 3.08. The summed E-state index contributed by atoms with van der Waals surface area (Å²) in [5, 5.41) is 9.46. The first-order chi connectivity index (χ1) is 8.91. The third-order valence-corrected chi connectivity index (χ3v) is 5.66. The molecule has 3 nitrogen and oxygen atoms in total. The van der Waals surface area contributed by atoms with Crippen LogP contribution in [0.3, 0.4) is 0 Å². The fourth-order valence-corrected chi connectivity index (χ4v) is 4.02. The van der Waals surface area contributed by atoms with Gasteiger partial charge in [0.2, 0.25) is 0 Å². The molecular weight excluding hydrogens is 258 g/mol. The average Bonchev–Trinajstić information content (AvgIpc) is 2.38. The second kappa shape index (κ2) is 6.87. The Morgan fingerprint density at radius 2 is 1.74 bits per heavy atom.